The molecule has 134 valence electrons. The first-order valence-electron chi connectivity index (χ1n) is 8.42. The fraction of sp³-hybridized carbons (Fsp3) is 0.556. The number of nitrogens with one attached hydrogen (secondary N) is 3. The van der Waals surface area contributed by atoms with Crippen LogP contribution in [0.5, 0.6) is 0 Å². The fourth-order valence-electron chi connectivity index (χ4n) is 2.21. The van der Waals surface area contributed by atoms with Crippen LogP contribution in [0.3, 0.4) is 0 Å². The van der Waals surface area contributed by atoms with E-state index in [9.17, 15) is 9.59 Å². The van der Waals surface area contributed by atoms with Gasteiger partial charge in [0.15, 0.2) is 0 Å². The van der Waals surface area contributed by atoms with Gasteiger partial charge < -0.3 is 20.7 Å². The second-order valence-electron chi connectivity index (χ2n) is 6.14. The monoisotopic (exact) mass is 335 g/mol. The second kappa shape index (κ2) is 11.5. The SMILES string of the molecule is CNCCCNC(=O)[C@H](CC(C)C)NC(=O)OCc1ccccc1. The molecule has 6 heteroatoms. The molecule has 0 fully saturated rings. The van der Waals surface area contributed by atoms with E-state index < -0.39 is 12.1 Å². The Bertz CT molecular complexity index is 492. The van der Waals surface area contributed by atoms with Crippen molar-refractivity contribution in [3.63, 3.8) is 0 Å². The van der Waals surface area contributed by atoms with Gasteiger partial charge in [-0.25, -0.2) is 4.79 Å². The van der Waals surface area contributed by atoms with Gasteiger partial charge in [0.2, 0.25) is 5.91 Å². The molecule has 0 spiro atoms. The molecule has 24 heavy (non-hydrogen) atoms. The molecule has 1 atom stereocenters. The van der Waals surface area contributed by atoms with Gasteiger partial charge in [0, 0.05) is 6.54 Å². The first kappa shape index (κ1) is 20.0. The Morgan fingerprint density at radius 1 is 1.12 bits per heavy atom. The average molecular weight is 335 g/mol. The molecular weight excluding hydrogens is 306 g/mol. The number of benzene rings is 1. The fourth-order valence-corrected chi connectivity index (χ4v) is 2.21. The molecule has 6 nitrogen and oxygen atoms in total. The number of hydrogen-bond donors (Lipinski definition) is 3. The van der Waals surface area contributed by atoms with Crippen LogP contribution in [0.4, 0.5) is 4.79 Å². The predicted molar refractivity (Wildman–Crippen MR) is 94.6 cm³/mol. The number of carbonyl (C=O) groups excluding carboxylic acids is 2. The van der Waals surface area contributed by atoms with E-state index in [1.807, 2.05) is 51.2 Å². The van der Waals surface area contributed by atoms with Crippen LogP contribution in [-0.4, -0.2) is 38.2 Å². The van der Waals surface area contributed by atoms with Crippen LogP contribution in [0.2, 0.25) is 0 Å². The molecule has 0 aliphatic rings. The van der Waals surface area contributed by atoms with Crippen LogP contribution >= 0.6 is 0 Å². The molecule has 0 aliphatic heterocycles. The first-order chi connectivity index (χ1) is 11.5. The summed E-state index contributed by atoms with van der Waals surface area (Å²) < 4.78 is 5.19. The maximum absolute atomic E-state index is 12.2. The van der Waals surface area contributed by atoms with E-state index >= 15 is 0 Å². The van der Waals surface area contributed by atoms with Gasteiger partial charge in [-0.05, 0) is 37.9 Å². The standard InChI is InChI=1S/C18H29N3O3/c1-14(2)12-16(17(22)20-11-7-10-19-3)21-18(23)24-13-15-8-5-4-6-9-15/h4-6,8-9,14,16,19H,7,10-13H2,1-3H3,(H,20,22)(H,21,23)/t16-/m0/s1. The van der Waals surface area contributed by atoms with Crippen molar-refractivity contribution < 1.29 is 14.3 Å². The van der Waals surface area contributed by atoms with Crippen molar-refractivity contribution in [2.75, 3.05) is 20.1 Å². The first-order valence-corrected chi connectivity index (χ1v) is 8.42. The minimum absolute atomic E-state index is 0.170. The number of alkyl carbamates (subject to hydrolysis) is 1. The van der Waals surface area contributed by atoms with Gasteiger partial charge in [-0.2, -0.15) is 0 Å². The van der Waals surface area contributed by atoms with Crippen molar-refractivity contribution >= 4 is 12.0 Å². The number of hydrogen-bond acceptors (Lipinski definition) is 4. The second-order valence-corrected chi connectivity index (χ2v) is 6.14. The number of amides is 2. The van der Waals surface area contributed by atoms with E-state index in [1.54, 1.807) is 0 Å². The molecule has 0 aromatic heterocycles. The largest absolute Gasteiger partial charge is 0.445 e. The summed E-state index contributed by atoms with van der Waals surface area (Å²) >= 11 is 0. The lowest BCUT2D eigenvalue weighted by Gasteiger charge is -2.20. The summed E-state index contributed by atoms with van der Waals surface area (Å²) in [5.41, 5.74) is 0.907. The molecule has 2 amide bonds. The molecule has 1 rings (SSSR count). The molecule has 0 bridgehead atoms. The molecule has 1 aromatic carbocycles. The summed E-state index contributed by atoms with van der Waals surface area (Å²) in [5.74, 6) is 0.115. The molecule has 0 heterocycles. The Labute approximate surface area is 144 Å². The van der Waals surface area contributed by atoms with E-state index in [0.29, 0.717) is 13.0 Å². The van der Waals surface area contributed by atoms with Gasteiger partial charge in [-0.15, -0.1) is 0 Å². The minimum atomic E-state index is -0.581. The lowest BCUT2D eigenvalue weighted by molar-refractivity contribution is -0.123. The highest BCUT2D eigenvalue weighted by Crippen LogP contribution is 2.06. The molecule has 0 unspecified atom stereocenters. The van der Waals surface area contributed by atoms with Crippen molar-refractivity contribution in [3.8, 4) is 0 Å². The third-order valence-corrected chi connectivity index (χ3v) is 3.43. The van der Waals surface area contributed by atoms with Crippen molar-refractivity contribution in [1.82, 2.24) is 16.0 Å². The van der Waals surface area contributed by atoms with Crippen LogP contribution in [-0.2, 0) is 16.1 Å². The van der Waals surface area contributed by atoms with Gasteiger partial charge in [0.05, 0.1) is 0 Å². The number of carbonyl (C=O) groups is 2. The highest BCUT2D eigenvalue weighted by molar-refractivity contribution is 5.85. The molecule has 3 N–H and O–H groups in total. The lowest BCUT2D eigenvalue weighted by atomic mass is 10.0. The smallest absolute Gasteiger partial charge is 0.408 e. The van der Waals surface area contributed by atoms with E-state index in [0.717, 1.165) is 18.5 Å². The minimum Gasteiger partial charge on any atom is -0.445 e. The number of rotatable bonds is 10. The van der Waals surface area contributed by atoms with Crippen molar-refractivity contribution in [3.05, 3.63) is 35.9 Å². The summed E-state index contributed by atoms with van der Waals surface area (Å²) in [6, 6.07) is 8.86. The highest BCUT2D eigenvalue weighted by atomic mass is 16.5. The van der Waals surface area contributed by atoms with Crippen molar-refractivity contribution in [1.29, 1.82) is 0 Å². The highest BCUT2D eigenvalue weighted by Gasteiger charge is 2.22. The molecular formula is C18H29N3O3. The summed E-state index contributed by atoms with van der Waals surface area (Å²) in [6.45, 7) is 5.62. The van der Waals surface area contributed by atoms with Gasteiger partial charge >= 0.3 is 6.09 Å². The van der Waals surface area contributed by atoms with Gasteiger partial charge in [-0.1, -0.05) is 44.2 Å². The van der Waals surface area contributed by atoms with Crippen LogP contribution in [0.1, 0.15) is 32.3 Å². The van der Waals surface area contributed by atoms with Gasteiger partial charge in [0.25, 0.3) is 0 Å². The van der Waals surface area contributed by atoms with Crippen molar-refractivity contribution in [2.45, 2.75) is 39.3 Å². The molecule has 1 aromatic rings. The maximum atomic E-state index is 12.2. The van der Waals surface area contributed by atoms with E-state index in [1.165, 1.54) is 0 Å². The Hall–Kier alpha value is -2.08. The predicted octanol–water partition coefficient (Wildman–Crippen LogP) is 2.05. The lowest BCUT2D eigenvalue weighted by Crippen LogP contribution is -2.47. The maximum Gasteiger partial charge on any atom is 0.408 e. The zero-order valence-corrected chi connectivity index (χ0v) is 14.8. The van der Waals surface area contributed by atoms with Gasteiger partial charge in [0.1, 0.15) is 12.6 Å². The molecule has 0 saturated carbocycles. The van der Waals surface area contributed by atoms with Crippen LogP contribution < -0.4 is 16.0 Å². The normalized spacial score (nSPS) is 11.8. The third kappa shape index (κ3) is 8.53. The van der Waals surface area contributed by atoms with Crippen LogP contribution in [0.15, 0.2) is 30.3 Å². The Morgan fingerprint density at radius 2 is 1.83 bits per heavy atom. The zero-order valence-electron chi connectivity index (χ0n) is 14.8. The summed E-state index contributed by atoms with van der Waals surface area (Å²) in [4.78, 5) is 24.2. The summed E-state index contributed by atoms with van der Waals surface area (Å²) in [7, 11) is 1.87. The van der Waals surface area contributed by atoms with E-state index in [-0.39, 0.29) is 18.4 Å². The molecule has 0 aliphatic carbocycles. The van der Waals surface area contributed by atoms with Crippen molar-refractivity contribution in [2.24, 2.45) is 5.92 Å². The van der Waals surface area contributed by atoms with Crippen LogP contribution in [0, 0.1) is 5.92 Å². The average Bonchev–Trinajstić information content (AvgIpc) is 2.56. The summed E-state index contributed by atoms with van der Waals surface area (Å²) in [6.07, 6.45) is 0.836. The Kier molecular flexibility index (Phi) is 9.53. The number of ether oxygens (including phenoxy) is 1. The quantitative estimate of drug-likeness (QED) is 0.572. The Balaban J connectivity index is 2.45. The van der Waals surface area contributed by atoms with Crippen LogP contribution in [0.25, 0.3) is 0 Å². The topological polar surface area (TPSA) is 79.5 Å². The zero-order chi connectivity index (χ0) is 17.8. The summed E-state index contributed by atoms with van der Waals surface area (Å²) in [5, 5.41) is 8.55. The Morgan fingerprint density at radius 3 is 2.46 bits per heavy atom. The van der Waals surface area contributed by atoms with E-state index in [4.69, 9.17) is 4.74 Å². The third-order valence-electron chi connectivity index (χ3n) is 3.43. The molecule has 0 radical (unpaired) electrons. The van der Waals surface area contributed by atoms with E-state index in [2.05, 4.69) is 16.0 Å². The van der Waals surface area contributed by atoms with Gasteiger partial charge in [-0.3, -0.25) is 4.79 Å². The molecule has 0 saturated heterocycles.